The van der Waals surface area contributed by atoms with Crippen molar-refractivity contribution in [2.75, 3.05) is 13.3 Å². The summed E-state index contributed by atoms with van der Waals surface area (Å²) in [7, 11) is 1.86. The van der Waals surface area contributed by atoms with Crippen molar-refractivity contribution in [1.82, 2.24) is 24.9 Å². The van der Waals surface area contributed by atoms with Gasteiger partial charge in [-0.1, -0.05) is 36.4 Å². The van der Waals surface area contributed by atoms with Crippen molar-refractivity contribution in [3.8, 4) is 5.75 Å². The van der Waals surface area contributed by atoms with E-state index in [1.807, 2.05) is 46.1 Å². The number of fused-ring (bicyclic) bond motifs is 2. The van der Waals surface area contributed by atoms with Gasteiger partial charge in [0, 0.05) is 50.6 Å². The Kier molecular flexibility index (Phi) is 9.73. The predicted molar refractivity (Wildman–Crippen MR) is 180 cm³/mol. The lowest BCUT2D eigenvalue weighted by Crippen LogP contribution is -2.36. The van der Waals surface area contributed by atoms with E-state index in [1.54, 1.807) is 31.6 Å². The molecule has 0 amide bonds. The number of benzene rings is 2. The molecule has 4 aromatic rings. The number of carbonyl (C=O) groups excluding carboxylic acids is 2. The van der Waals surface area contributed by atoms with E-state index in [2.05, 4.69) is 58.3 Å². The second-order valence-corrected chi connectivity index (χ2v) is 14.2. The lowest BCUT2D eigenvalue weighted by molar-refractivity contribution is -0.178. The molecule has 10 nitrogen and oxygen atoms in total. The van der Waals surface area contributed by atoms with Crippen LogP contribution < -0.4 is 4.74 Å². The van der Waals surface area contributed by atoms with Crippen LogP contribution in [0, 0.1) is 24.7 Å². The topological polar surface area (TPSA) is 109 Å². The monoisotopic (exact) mass is 641 g/mol. The molecule has 47 heavy (non-hydrogen) atoms. The van der Waals surface area contributed by atoms with Gasteiger partial charge in [0.1, 0.15) is 17.4 Å². The van der Waals surface area contributed by atoms with E-state index in [0.717, 1.165) is 69.7 Å². The summed E-state index contributed by atoms with van der Waals surface area (Å²) in [5, 5.41) is 8.68. The van der Waals surface area contributed by atoms with Gasteiger partial charge < -0.3 is 14.2 Å². The van der Waals surface area contributed by atoms with Crippen LogP contribution in [0.15, 0.2) is 48.8 Å². The summed E-state index contributed by atoms with van der Waals surface area (Å²) in [4.78, 5) is 33.0. The molecule has 0 fully saturated rings. The van der Waals surface area contributed by atoms with Crippen molar-refractivity contribution in [3.05, 3.63) is 82.2 Å². The van der Waals surface area contributed by atoms with Gasteiger partial charge in [0.25, 0.3) is 0 Å². The number of carbonyl (C=O) groups is 2. The van der Waals surface area contributed by atoms with Crippen LogP contribution in [0.1, 0.15) is 87.3 Å². The Labute approximate surface area is 277 Å². The molecule has 0 bridgehead atoms. The van der Waals surface area contributed by atoms with Crippen LogP contribution >= 0.6 is 0 Å². The van der Waals surface area contributed by atoms with E-state index in [9.17, 15) is 9.59 Å². The van der Waals surface area contributed by atoms with Crippen molar-refractivity contribution in [1.29, 1.82) is 0 Å². The van der Waals surface area contributed by atoms with Gasteiger partial charge in [-0.15, -0.1) is 5.10 Å². The molecule has 10 heteroatoms. The predicted octanol–water partition coefficient (Wildman–Crippen LogP) is 6.40. The molecule has 2 aromatic carbocycles. The Bertz CT molecular complexity index is 1770. The number of hydrogen-bond acceptors (Lipinski definition) is 9. The molecule has 250 valence electrons. The van der Waals surface area contributed by atoms with Gasteiger partial charge in [0.2, 0.25) is 6.79 Å². The minimum Gasteiger partial charge on any atom is -0.489 e. The Morgan fingerprint density at radius 2 is 1.79 bits per heavy atom. The quantitative estimate of drug-likeness (QED) is 0.151. The minimum absolute atomic E-state index is 0.0670. The van der Waals surface area contributed by atoms with Gasteiger partial charge in [-0.3, -0.25) is 19.5 Å². The van der Waals surface area contributed by atoms with Crippen LogP contribution in [0.3, 0.4) is 0 Å². The normalized spacial score (nSPS) is 16.2. The lowest BCUT2D eigenvalue weighted by Gasteiger charge is -2.34. The van der Waals surface area contributed by atoms with E-state index in [0.29, 0.717) is 6.54 Å². The zero-order chi connectivity index (χ0) is 34.1. The SMILES string of the molecule is CC[C@@H]1CN(Cc2cc(C(c3ccc4c(nnn4C)c3C)C(C)(C)C(=O)OCOC(=O)C(C)(C)C)ccc2C)Cc2cnccc2O1. The number of nitrogens with zero attached hydrogens (tertiary/aromatic N) is 5. The van der Waals surface area contributed by atoms with Crippen LogP contribution in [0.5, 0.6) is 5.75 Å². The molecule has 2 aromatic heterocycles. The third-order valence-corrected chi connectivity index (χ3v) is 9.19. The lowest BCUT2D eigenvalue weighted by atomic mass is 9.69. The van der Waals surface area contributed by atoms with Crippen LogP contribution in [0.2, 0.25) is 0 Å². The van der Waals surface area contributed by atoms with Gasteiger partial charge in [-0.05, 0) is 94.8 Å². The zero-order valence-electron chi connectivity index (χ0n) is 29.1. The highest BCUT2D eigenvalue weighted by molar-refractivity contribution is 5.82. The number of rotatable bonds is 9. The number of aromatic nitrogens is 4. The second-order valence-electron chi connectivity index (χ2n) is 14.2. The van der Waals surface area contributed by atoms with E-state index in [-0.39, 0.29) is 6.10 Å². The third-order valence-electron chi connectivity index (χ3n) is 9.19. The van der Waals surface area contributed by atoms with Gasteiger partial charge in [0.15, 0.2) is 0 Å². The molecule has 0 saturated carbocycles. The summed E-state index contributed by atoms with van der Waals surface area (Å²) in [6.45, 7) is 17.1. The van der Waals surface area contributed by atoms with Gasteiger partial charge in [0.05, 0.1) is 16.3 Å². The second kappa shape index (κ2) is 13.4. The Morgan fingerprint density at radius 1 is 1.04 bits per heavy atom. The average molecular weight is 642 g/mol. The van der Waals surface area contributed by atoms with E-state index >= 15 is 0 Å². The summed E-state index contributed by atoms with van der Waals surface area (Å²) in [5.74, 6) is -0.415. The Balaban J connectivity index is 1.52. The fourth-order valence-electron chi connectivity index (χ4n) is 6.28. The molecule has 3 heterocycles. The number of hydrogen-bond donors (Lipinski definition) is 0. The number of esters is 2. The number of pyridine rings is 1. The third kappa shape index (κ3) is 7.17. The molecule has 0 spiro atoms. The van der Waals surface area contributed by atoms with Crippen molar-refractivity contribution in [3.63, 3.8) is 0 Å². The molecular weight excluding hydrogens is 594 g/mol. The molecule has 5 rings (SSSR count). The Morgan fingerprint density at radius 3 is 2.51 bits per heavy atom. The molecule has 1 aliphatic heterocycles. The molecule has 0 radical (unpaired) electrons. The first kappa shape index (κ1) is 34.0. The van der Waals surface area contributed by atoms with Crippen LogP contribution in [-0.2, 0) is 39.2 Å². The first-order chi connectivity index (χ1) is 22.2. The number of ether oxygens (including phenoxy) is 3. The van der Waals surface area contributed by atoms with Crippen LogP contribution in [0.25, 0.3) is 11.0 Å². The first-order valence-corrected chi connectivity index (χ1v) is 16.2. The van der Waals surface area contributed by atoms with Gasteiger partial charge >= 0.3 is 11.9 Å². The maximum absolute atomic E-state index is 13.9. The highest BCUT2D eigenvalue weighted by Crippen LogP contribution is 2.45. The maximum Gasteiger partial charge on any atom is 0.315 e. The molecule has 0 saturated heterocycles. The van der Waals surface area contributed by atoms with Gasteiger partial charge in [-0.25, -0.2) is 4.68 Å². The van der Waals surface area contributed by atoms with E-state index < -0.39 is 35.5 Å². The molecular formula is C37H47N5O5. The van der Waals surface area contributed by atoms with Crippen molar-refractivity contribution in [2.45, 2.75) is 86.9 Å². The van der Waals surface area contributed by atoms with E-state index in [4.69, 9.17) is 14.2 Å². The largest absolute Gasteiger partial charge is 0.489 e. The average Bonchev–Trinajstić information content (AvgIpc) is 3.30. The van der Waals surface area contributed by atoms with Crippen molar-refractivity contribution >= 4 is 23.0 Å². The molecule has 0 N–H and O–H groups in total. The number of aryl methyl sites for hydroxylation is 3. The molecule has 2 atom stereocenters. The van der Waals surface area contributed by atoms with Crippen molar-refractivity contribution in [2.24, 2.45) is 17.9 Å². The maximum atomic E-state index is 13.9. The fourth-order valence-corrected chi connectivity index (χ4v) is 6.28. The molecule has 1 aliphatic rings. The first-order valence-electron chi connectivity index (χ1n) is 16.2. The highest BCUT2D eigenvalue weighted by atomic mass is 16.7. The standard InChI is InChI=1S/C37H47N5O5/c1-10-28-21-42(20-27-18-38-16-15-31(27)47-28)19-26-17-25(12-11-23(26)2)32(29-13-14-30-33(24(29)3)39-40-41(30)9)37(7,8)35(44)46-22-45-34(43)36(4,5)6/h11-18,28,32H,10,19-22H2,1-9H3/t28-,32?/m1/s1. The van der Waals surface area contributed by atoms with Crippen LogP contribution in [0.4, 0.5) is 0 Å². The summed E-state index contributed by atoms with van der Waals surface area (Å²) in [6.07, 6.45) is 4.62. The summed E-state index contributed by atoms with van der Waals surface area (Å²) >= 11 is 0. The zero-order valence-corrected chi connectivity index (χ0v) is 29.1. The summed E-state index contributed by atoms with van der Waals surface area (Å²) < 4.78 is 19.0. The molecule has 1 unspecified atom stereocenters. The highest BCUT2D eigenvalue weighted by Gasteiger charge is 2.42. The van der Waals surface area contributed by atoms with E-state index in [1.165, 1.54) is 0 Å². The molecule has 0 aliphatic carbocycles. The smallest absolute Gasteiger partial charge is 0.315 e. The summed E-state index contributed by atoms with van der Waals surface area (Å²) in [6, 6.07) is 12.4. The Hall–Kier alpha value is -4.31. The minimum atomic E-state index is -1.05. The fraction of sp³-hybridized carbons (Fsp3) is 0.486. The van der Waals surface area contributed by atoms with Gasteiger partial charge in [-0.2, -0.15) is 0 Å². The van der Waals surface area contributed by atoms with Crippen molar-refractivity contribution < 1.29 is 23.8 Å². The summed E-state index contributed by atoms with van der Waals surface area (Å²) in [5.41, 5.74) is 6.21. The van der Waals surface area contributed by atoms with Crippen LogP contribution in [-0.4, -0.2) is 56.3 Å².